The minimum Gasteiger partial charge on any atom is -0.497 e. The first kappa shape index (κ1) is 14.7. The number of benzene rings is 2. The third-order valence-corrected chi connectivity index (χ3v) is 4.93. The van der Waals surface area contributed by atoms with Crippen LogP contribution < -0.4 is 19.5 Å². The second kappa shape index (κ2) is 5.95. The van der Waals surface area contributed by atoms with E-state index >= 15 is 0 Å². The molecule has 0 saturated carbocycles. The van der Waals surface area contributed by atoms with Gasteiger partial charge in [0, 0.05) is 12.5 Å². The lowest BCUT2D eigenvalue weighted by atomic mass is 9.87. The lowest BCUT2D eigenvalue weighted by Gasteiger charge is -2.20. The van der Waals surface area contributed by atoms with Gasteiger partial charge in [0.05, 0.1) is 12.1 Å². The first-order valence-corrected chi connectivity index (χ1v) is 8.11. The highest BCUT2D eigenvalue weighted by molar-refractivity contribution is 6.33. The Labute approximate surface area is 140 Å². The van der Waals surface area contributed by atoms with Gasteiger partial charge in [0.25, 0.3) is 0 Å². The van der Waals surface area contributed by atoms with E-state index in [1.54, 1.807) is 7.11 Å². The average Bonchev–Trinajstić information content (AvgIpc) is 2.95. The van der Waals surface area contributed by atoms with Crippen molar-refractivity contribution in [1.82, 2.24) is 5.32 Å². The Morgan fingerprint density at radius 3 is 2.83 bits per heavy atom. The van der Waals surface area contributed by atoms with Gasteiger partial charge in [-0.3, -0.25) is 0 Å². The van der Waals surface area contributed by atoms with Gasteiger partial charge in [-0.05, 0) is 47.9 Å². The number of hydrogen-bond donors (Lipinski definition) is 1. The van der Waals surface area contributed by atoms with E-state index in [4.69, 9.17) is 25.8 Å². The summed E-state index contributed by atoms with van der Waals surface area (Å²) in [5.74, 6) is 2.51. The van der Waals surface area contributed by atoms with E-state index in [1.807, 2.05) is 12.1 Å². The molecule has 0 bridgehead atoms. The van der Waals surface area contributed by atoms with Gasteiger partial charge in [-0.15, -0.1) is 0 Å². The highest BCUT2D eigenvalue weighted by Gasteiger charge is 2.28. The Morgan fingerprint density at radius 1 is 1.22 bits per heavy atom. The molecule has 2 aromatic carbocycles. The van der Waals surface area contributed by atoms with Gasteiger partial charge in [0.15, 0.2) is 11.5 Å². The summed E-state index contributed by atoms with van der Waals surface area (Å²) in [7, 11) is 1.68. The molecule has 0 amide bonds. The molecule has 120 valence electrons. The van der Waals surface area contributed by atoms with Gasteiger partial charge in [-0.25, -0.2) is 0 Å². The minimum absolute atomic E-state index is 0.227. The second-order valence-corrected chi connectivity index (χ2v) is 6.15. The number of nitrogens with one attached hydrogen (secondary N) is 1. The van der Waals surface area contributed by atoms with Gasteiger partial charge in [0.1, 0.15) is 5.75 Å². The normalized spacial score (nSPS) is 19.1. The molecule has 1 atom stereocenters. The number of fused-ring (bicyclic) bond motifs is 2. The summed E-state index contributed by atoms with van der Waals surface area (Å²) in [4.78, 5) is 0. The lowest BCUT2D eigenvalue weighted by Crippen LogP contribution is -2.20. The first-order chi connectivity index (χ1) is 11.3. The number of methoxy groups -OCH3 is 1. The van der Waals surface area contributed by atoms with Crippen molar-refractivity contribution < 1.29 is 14.2 Å². The summed E-state index contributed by atoms with van der Waals surface area (Å²) in [5.41, 5.74) is 3.60. The number of hydrogen-bond acceptors (Lipinski definition) is 4. The van der Waals surface area contributed by atoms with Gasteiger partial charge in [-0.1, -0.05) is 23.7 Å². The Kier molecular flexibility index (Phi) is 3.79. The number of ether oxygens (including phenoxy) is 3. The van der Waals surface area contributed by atoms with Gasteiger partial charge in [0.2, 0.25) is 6.79 Å². The van der Waals surface area contributed by atoms with Crippen LogP contribution in [0.2, 0.25) is 5.02 Å². The zero-order chi connectivity index (χ0) is 15.8. The third-order valence-electron chi connectivity index (χ3n) is 4.53. The third kappa shape index (κ3) is 2.52. The fourth-order valence-corrected chi connectivity index (χ4v) is 3.68. The van der Waals surface area contributed by atoms with Crippen molar-refractivity contribution in [1.29, 1.82) is 0 Å². The molecule has 5 heteroatoms. The predicted octanol–water partition coefficient (Wildman–Crippen LogP) is 3.35. The number of halogens is 1. The van der Waals surface area contributed by atoms with E-state index in [2.05, 4.69) is 23.5 Å². The van der Waals surface area contributed by atoms with Crippen molar-refractivity contribution in [3.05, 3.63) is 52.0 Å². The molecule has 2 heterocycles. The van der Waals surface area contributed by atoms with Crippen molar-refractivity contribution in [2.75, 3.05) is 27.0 Å². The Hall–Kier alpha value is -1.91. The molecular formula is C18H18ClNO3. The first-order valence-electron chi connectivity index (χ1n) is 7.73. The molecule has 4 rings (SSSR count). The van der Waals surface area contributed by atoms with Gasteiger partial charge in [-0.2, -0.15) is 0 Å². The molecule has 0 fully saturated rings. The maximum absolute atomic E-state index is 6.59. The summed E-state index contributed by atoms with van der Waals surface area (Å²) in [6.45, 7) is 2.01. The zero-order valence-electron chi connectivity index (χ0n) is 12.9. The van der Waals surface area contributed by atoms with E-state index < -0.39 is 0 Å². The molecular weight excluding hydrogens is 314 g/mol. The molecule has 2 aliphatic heterocycles. The maximum Gasteiger partial charge on any atom is 0.231 e. The highest BCUT2D eigenvalue weighted by Crippen LogP contribution is 2.46. The monoisotopic (exact) mass is 331 g/mol. The molecule has 0 aliphatic carbocycles. The van der Waals surface area contributed by atoms with Crippen molar-refractivity contribution in [3.8, 4) is 17.2 Å². The molecule has 2 aromatic rings. The summed E-state index contributed by atoms with van der Waals surface area (Å²) < 4.78 is 16.3. The molecule has 23 heavy (non-hydrogen) atoms. The Balaban J connectivity index is 1.82. The average molecular weight is 332 g/mol. The van der Waals surface area contributed by atoms with E-state index in [-0.39, 0.29) is 12.7 Å². The minimum atomic E-state index is 0.227. The fourth-order valence-electron chi connectivity index (χ4n) is 3.33. The zero-order valence-corrected chi connectivity index (χ0v) is 13.7. The lowest BCUT2D eigenvalue weighted by molar-refractivity contribution is 0.174. The summed E-state index contributed by atoms with van der Waals surface area (Å²) in [6, 6.07) is 10.3. The largest absolute Gasteiger partial charge is 0.497 e. The van der Waals surface area contributed by atoms with Crippen LogP contribution in [0.4, 0.5) is 0 Å². The Bertz CT molecular complexity index is 730. The second-order valence-electron chi connectivity index (χ2n) is 5.77. The molecule has 0 aromatic heterocycles. The standard InChI is InChI=1S/C18H18ClNO3/c1-21-12-4-2-11(3-5-12)15-9-20-7-6-13-14(15)8-16-18(17(13)19)23-10-22-16/h2-5,8,15,20H,6-7,9-10H2,1H3. The van der Waals surface area contributed by atoms with Crippen LogP contribution in [-0.2, 0) is 6.42 Å². The smallest absolute Gasteiger partial charge is 0.231 e. The van der Waals surface area contributed by atoms with E-state index in [1.165, 1.54) is 11.1 Å². The molecule has 1 unspecified atom stereocenters. The molecule has 0 saturated heterocycles. The molecule has 4 nitrogen and oxygen atoms in total. The van der Waals surface area contributed by atoms with Crippen molar-refractivity contribution >= 4 is 11.6 Å². The SMILES string of the molecule is COc1ccc(C2CNCCc3c2cc2c(c3Cl)OCO2)cc1. The van der Waals surface area contributed by atoms with Crippen LogP contribution in [0.3, 0.4) is 0 Å². The van der Waals surface area contributed by atoms with Crippen LogP contribution in [0.15, 0.2) is 30.3 Å². The molecule has 0 radical (unpaired) electrons. The maximum atomic E-state index is 6.59. The predicted molar refractivity (Wildman–Crippen MR) is 89.0 cm³/mol. The van der Waals surface area contributed by atoms with E-state index in [9.17, 15) is 0 Å². The van der Waals surface area contributed by atoms with Gasteiger partial charge < -0.3 is 19.5 Å². The summed E-state index contributed by atoms with van der Waals surface area (Å²) >= 11 is 6.59. The van der Waals surface area contributed by atoms with Crippen LogP contribution >= 0.6 is 11.6 Å². The molecule has 0 spiro atoms. The van der Waals surface area contributed by atoms with Crippen LogP contribution in [0.1, 0.15) is 22.6 Å². The topological polar surface area (TPSA) is 39.7 Å². The van der Waals surface area contributed by atoms with E-state index in [0.717, 1.165) is 36.6 Å². The quantitative estimate of drug-likeness (QED) is 0.916. The van der Waals surface area contributed by atoms with Crippen LogP contribution in [-0.4, -0.2) is 27.0 Å². The Morgan fingerprint density at radius 2 is 2.04 bits per heavy atom. The van der Waals surface area contributed by atoms with Crippen LogP contribution in [0, 0.1) is 0 Å². The molecule has 2 aliphatic rings. The van der Waals surface area contributed by atoms with Crippen molar-refractivity contribution in [2.45, 2.75) is 12.3 Å². The van der Waals surface area contributed by atoms with E-state index in [0.29, 0.717) is 10.8 Å². The molecule has 1 N–H and O–H groups in total. The highest BCUT2D eigenvalue weighted by atomic mass is 35.5. The van der Waals surface area contributed by atoms with Crippen molar-refractivity contribution in [3.63, 3.8) is 0 Å². The summed E-state index contributed by atoms with van der Waals surface area (Å²) in [5, 5.41) is 4.19. The fraction of sp³-hybridized carbons (Fsp3) is 0.333. The van der Waals surface area contributed by atoms with Crippen LogP contribution in [0.5, 0.6) is 17.2 Å². The summed E-state index contributed by atoms with van der Waals surface area (Å²) in [6.07, 6.45) is 0.886. The van der Waals surface area contributed by atoms with Crippen molar-refractivity contribution in [2.24, 2.45) is 0 Å². The van der Waals surface area contributed by atoms with Crippen LogP contribution in [0.25, 0.3) is 0 Å². The van der Waals surface area contributed by atoms with Gasteiger partial charge >= 0.3 is 0 Å². The number of rotatable bonds is 2.